The van der Waals surface area contributed by atoms with Gasteiger partial charge in [-0.05, 0) is 18.2 Å². The van der Waals surface area contributed by atoms with Crippen molar-refractivity contribution in [3.8, 4) is 0 Å². The molecule has 6 heteroatoms. The summed E-state index contributed by atoms with van der Waals surface area (Å²) in [6, 6.07) is 5.81. The second-order valence-corrected chi connectivity index (χ2v) is 4.38. The van der Waals surface area contributed by atoms with E-state index in [2.05, 4.69) is 0 Å². The zero-order valence-electron chi connectivity index (χ0n) is 7.49. The van der Waals surface area contributed by atoms with Crippen LogP contribution in [0.1, 0.15) is 0 Å². The number of carbonyl (C=O) groups excluding carboxylic acids is 1. The smallest absolute Gasteiger partial charge is 0.290 e. The summed E-state index contributed by atoms with van der Waals surface area (Å²) < 4.78 is 32.2. The average Bonchev–Trinajstić information content (AvgIpc) is 2.58. The highest BCUT2D eigenvalue weighted by atomic mass is 32.2. The molecule has 0 saturated heterocycles. The lowest BCUT2D eigenvalue weighted by Crippen LogP contribution is -1.99. The molecule has 15 heavy (non-hydrogen) atoms. The highest BCUT2D eigenvalue weighted by Crippen LogP contribution is 2.22. The predicted octanol–water partition coefficient (Wildman–Crippen LogP) is 0.926. The van der Waals surface area contributed by atoms with Crippen molar-refractivity contribution in [1.82, 2.24) is 4.57 Å². The second-order valence-electron chi connectivity index (χ2n) is 2.99. The molecule has 5 nitrogen and oxygen atoms in total. The van der Waals surface area contributed by atoms with Gasteiger partial charge < -0.3 is 0 Å². The number of hydrogen-bond donors (Lipinski definition) is 1. The monoisotopic (exact) mass is 225 g/mol. The molecule has 0 saturated carbocycles. The third-order valence-corrected chi connectivity index (χ3v) is 3.03. The van der Waals surface area contributed by atoms with Gasteiger partial charge in [0.25, 0.3) is 10.1 Å². The van der Waals surface area contributed by atoms with Crippen molar-refractivity contribution in [2.75, 3.05) is 0 Å². The van der Waals surface area contributed by atoms with E-state index in [0.717, 1.165) is 0 Å². The van der Waals surface area contributed by atoms with Crippen molar-refractivity contribution in [1.29, 1.82) is 0 Å². The Kier molecular flexibility index (Phi) is 2.09. The van der Waals surface area contributed by atoms with E-state index < -0.39 is 10.1 Å². The van der Waals surface area contributed by atoms with Crippen molar-refractivity contribution in [3.05, 3.63) is 30.5 Å². The summed E-state index contributed by atoms with van der Waals surface area (Å²) in [5.74, 6) is 0. The molecule has 0 atom stereocenters. The van der Waals surface area contributed by atoms with Gasteiger partial charge in [0, 0.05) is 11.6 Å². The van der Waals surface area contributed by atoms with Gasteiger partial charge in [-0.1, -0.05) is 6.07 Å². The van der Waals surface area contributed by atoms with Gasteiger partial charge in [0.1, 0.15) is 4.90 Å². The summed E-state index contributed by atoms with van der Waals surface area (Å²) in [7, 11) is -4.25. The molecule has 0 fully saturated rings. The molecule has 1 aromatic heterocycles. The Labute approximate surface area is 85.7 Å². The second kappa shape index (κ2) is 3.18. The first-order chi connectivity index (χ1) is 7.04. The summed E-state index contributed by atoms with van der Waals surface area (Å²) in [6.45, 7) is 0. The first-order valence-corrected chi connectivity index (χ1v) is 5.50. The summed E-state index contributed by atoms with van der Waals surface area (Å²) in [4.78, 5) is 10.4. The summed E-state index contributed by atoms with van der Waals surface area (Å²) in [5.41, 5.74) is 0.445. The lowest BCUT2D eigenvalue weighted by molar-refractivity contribution is 0.484. The highest BCUT2D eigenvalue weighted by molar-refractivity contribution is 7.86. The van der Waals surface area contributed by atoms with Gasteiger partial charge in [-0.2, -0.15) is 8.42 Å². The number of hydrogen-bond acceptors (Lipinski definition) is 3. The first kappa shape index (κ1) is 9.88. The zero-order chi connectivity index (χ0) is 11.1. The van der Waals surface area contributed by atoms with Gasteiger partial charge in [-0.15, -0.1) is 0 Å². The van der Waals surface area contributed by atoms with Crippen LogP contribution in [0.2, 0.25) is 0 Å². The van der Waals surface area contributed by atoms with Gasteiger partial charge in [0.05, 0.1) is 5.52 Å². The van der Waals surface area contributed by atoms with Gasteiger partial charge in [0.2, 0.25) is 6.41 Å². The molecule has 0 radical (unpaired) electrons. The number of carbonyl (C=O) groups is 1. The molecule has 0 aliphatic carbocycles. The molecule has 0 aliphatic rings. The quantitative estimate of drug-likeness (QED) is 0.609. The number of benzene rings is 1. The molecule has 78 valence electrons. The highest BCUT2D eigenvalue weighted by Gasteiger charge is 2.14. The van der Waals surface area contributed by atoms with E-state index in [1.54, 1.807) is 6.07 Å². The van der Waals surface area contributed by atoms with Crippen molar-refractivity contribution in [2.45, 2.75) is 4.90 Å². The third kappa shape index (κ3) is 1.53. The van der Waals surface area contributed by atoms with Crippen LogP contribution in [0.4, 0.5) is 0 Å². The van der Waals surface area contributed by atoms with Crippen molar-refractivity contribution in [2.24, 2.45) is 0 Å². The summed E-state index contributed by atoms with van der Waals surface area (Å²) in [5, 5.41) is 0.326. The minimum atomic E-state index is -4.25. The van der Waals surface area contributed by atoms with E-state index in [1.165, 1.54) is 29.0 Å². The first-order valence-electron chi connectivity index (χ1n) is 4.06. The molecule has 0 bridgehead atoms. The van der Waals surface area contributed by atoms with Gasteiger partial charge in [0.15, 0.2) is 0 Å². The summed E-state index contributed by atoms with van der Waals surface area (Å²) in [6.07, 6.45) is 2.00. The molecule has 0 spiro atoms. The minimum Gasteiger partial charge on any atom is -0.290 e. The largest absolute Gasteiger partial charge is 0.295 e. The molecule has 0 unspecified atom stereocenters. The lowest BCUT2D eigenvalue weighted by Gasteiger charge is -1.99. The van der Waals surface area contributed by atoms with E-state index in [4.69, 9.17) is 4.55 Å². The van der Waals surface area contributed by atoms with Crippen LogP contribution >= 0.6 is 0 Å². The molecule has 1 aromatic carbocycles. The van der Waals surface area contributed by atoms with E-state index in [9.17, 15) is 13.2 Å². The fourth-order valence-corrected chi connectivity index (χ4v) is 2.18. The average molecular weight is 225 g/mol. The number of fused-ring (bicyclic) bond motifs is 1. The van der Waals surface area contributed by atoms with Crippen LogP contribution in [0.5, 0.6) is 0 Å². The standard InChI is InChI=1S/C9H7NO4S/c11-6-10-5-4-7-8(10)2-1-3-9(7)15(12,13)14/h1-6H,(H,12,13,14). The Hall–Kier alpha value is -1.66. The molecule has 2 aromatic rings. The fourth-order valence-electron chi connectivity index (χ4n) is 1.48. The van der Waals surface area contributed by atoms with Gasteiger partial charge >= 0.3 is 0 Å². The van der Waals surface area contributed by atoms with Crippen LogP contribution in [0.15, 0.2) is 35.4 Å². The topological polar surface area (TPSA) is 76.4 Å². The molecule has 1 N–H and O–H groups in total. The zero-order valence-corrected chi connectivity index (χ0v) is 8.31. The van der Waals surface area contributed by atoms with Crippen molar-refractivity contribution in [3.63, 3.8) is 0 Å². The Morgan fingerprint density at radius 3 is 2.60 bits per heavy atom. The lowest BCUT2D eigenvalue weighted by atomic mass is 10.2. The number of aromatic nitrogens is 1. The van der Waals surface area contributed by atoms with E-state index in [1.807, 2.05) is 0 Å². The fraction of sp³-hybridized carbons (Fsp3) is 0. The number of rotatable bonds is 2. The van der Waals surface area contributed by atoms with Crippen LogP contribution in [-0.4, -0.2) is 23.9 Å². The van der Waals surface area contributed by atoms with Gasteiger partial charge in [-0.25, -0.2) is 0 Å². The van der Waals surface area contributed by atoms with Crippen molar-refractivity contribution < 1.29 is 17.8 Å². The molecular weight excluding hydrogens is 218 g/mol. The molecule has 1 heterocycles. The SMILES string of the molecule is O=Cn1ccc2c(S(=O)(=O)O)cccc21. The van der Waals surface area contributed by atoms with Crippen LogP contribution in [0.25, 0.3) is 10.9 Å². The molecule has 0 aliphatic heterocycles. The van der Waals surface area contributed by atoms with Crippen LogP contribution < -0.4 is 0 Å². The predicted molar refractivity (Wildman–Crippen MR) is 53.9 cm³/mol. The number of nitrogens with zero attached hydrogens (tertiary/aromatic N) is 1. The van der Waals surface area contributed by atoms with Crippen LogP contribution in [0.3, 0.4) is 0 Å². The maximum absolute atomic E-state index is 11.0. The maximum Gasteiger partial charge on any atom is 0.295 e. The van der Waals surface area contributed by atoms with Crippen molar-refractivity contribution >= 4 is 27.4 Å². The molecule has 0 amide bonds. The maximum atomic E-state index is 11.0. The molecular formula is C9H7NO4S. The molecule has 2 rings (SSSR count). The van der Waals surface area contributed by atoms with E-state index in [0.29, 0.717) is 17.3 Å². The van der Waals surface area contributed by atoms with Crippen LogP contribution in [-0.2, 0) is 14.9 Å². The van der Waals surface area contributed by atoms with E-state index in [-0.39, 0.29) is 4.90 Å². The van der Waals surface area contributed by atoms with Gasteiger partial charge in [-0.3, -0.25) is 13.9 Å². The van der Waals surface area contributed by atoms with E-state index >= 15 is 0 Å². The normalized spacial score (nSPS) is 11.8. The Morgan fingerprint density at radius 1 is 1.27 bits per heavy atom. The summed E-state index contributed by atoms with van der Waals surface area (Å²) >= 11 is 0. The Morgan fingerprint density at radius 2 is 2.00 bits per heavy atom. The Balaban J connectivity index is 2.90. The third-order valence-electron chi connectivity index (χ3n) is 2.11. The van der Waals surface area contributed by atoms with Crippen LogP contribution in [0, 0.1) is 0 Å². The Bertz CT molecular complexity index is 627. The minimum absolute atomic E-state index is 0.194.